The lowest BCUT2D eigenvalue weighted by Crippen LogP contribution is -2.45. The van der Waals surface area contributed by atoms with Crippen LogP contribution >= 0.6 is 22.7 Å². The SMILES string of the molecule is CCOC(=O)c1sc2sc(C(=O)OCC)c(CN3C[C@@H](C)O[C@@H](C)C3)c2c1CN1C[C@@H](C)O[C@H](C)C1. The van der Waals surface area contributed by atoms with E-state index in [1.165, 1.54) is 22.7 Å². The first kappa shape index (κ1) is 27.5. The number of rotatable bonds is 8. The third kappa shape index (κ3) is 6.11. The topological polar surface area (TPSA) is 77.5 Å². The lowest BCUT2D eigenvalue weighted by molar-refractivity contribution is -0.0705. The van der Waals surface area contributed by atoms with E-state index in [4.69, 9.17) is 18.9 Å². The highest BCUT2D eigenvalue weighted by Crippen LogP contribution is 2.43. The number of carbonyl (C=O) groups is 2. The monoisotopic (exact) mass is 538 g/mol. The van der Waals surface area contributed by atoms with Crippen molar-refractivity contribution in [1.82, 2.24) is 9.80 Å². The fourth-order valence-corrected chi connectivity index (χ4v) is 7.98. The molecule has 2 aromatic rings. The van der Waals surface area contributed by atoms with Gasteiger partial charge in [0.2, 0.25) is 0 Å². The van der Waals surface area contributed by atoms with E-state index in [0.29, 0.717) is 36.1 Å². The molecule has 2 aliphatic heterocycles. The molecule has 200 valence electrons. The van der Waals surface area contributed by atoms with Crippen molar-refractivity contribution in [2.24, 2.45) is 0 Å². The number of morpholine rings is 2. The van der Waals surface area contributed by atoms with Crippen molar-refractivity contribution < 1.29 is 28.5 Å². The fourth-order valence-electron chi connectivity index (χ4n) is 5.39. The molecule has 2 saturated heterocycles. The van der Waals surface area contributed by atoms with E-state index < -0.39 is 0 Å². The van der Waals surface area contributed by atoms with Gasteiger partial charge >= 0.3 is 11.9 Å². The minimum Gasteiger partial charge on any atom is -0.462 e. The van der Waals surface area contributed by atoms with Crippen molar-refractivity contribution in [3.05, 3.63) is 20.9 Å². The molecule has 2 aromatic heterocycles. The minimum atomic E-state index is -0.299. The van der Waals surface area contributed by atoms with Gasteiger partial charge in [-0.3, -0.25) is 9.80 Å². The van der Waals surface area contributed by atoms with Crippen LogP contribution in [0.25, 0.3) is 9.40 Å². The van der Waals surface area contributed by atoms with Gasteiger partial charge in [0.25, 0.3) is 0 Å². The summed E-state index contributed by atoms with van der Waals surface area (Å²) in [6.45, 7) is 16.9. The molecule has 4 heterocycles. The van der Waals surface area contributed by atoms with E-state index >= 15 is 0 Å². The van der Waals surface area contributed by atoms with E-state index in [-0.39, 0.29) is 36.4 Å². The van der Waals surface area contributed by atoms with Gasteiger partial charge in [0.15, 0.2) is 0 Å². The smallest absolute Gasteiger partial charge is 0.348 e. The number of thiophene rings is 2. The molecule has 0 unspecified atom stereocenters. The van der Waals surface area contributed by atoms with E-state index in [9.17, 15) is 9.59 Å². The van der Waals surface area contributed by atoms with Crippen LogP contribution in [0.1, 0.15) is 72.0 Å². The predicted molar refractivity (Wildman–Crippen MR) is 142 cm³/mol. The Balaban J connectivity index is 1.80. The van der Waals surface area contributed by atoms with Crippen LogP contribution in [-0.2, 0) is 32.0 Å². The normalized spacial score (nSPS) is 25.8. The van der Waals surface area contributed by atoms with Gasteiger partial charge in [-0.15, -0.1) is 22.7 Å². The van der Waals surface area contributed by atoms with Gasteiger partial charge in [-0.1, -0.05) is 0 Å². The highest BCUT2D eigenvalue weighted by atomic mass is 32.2. The highest BCUT2D eigenvalue weighted by molar-refractivity contribution is 7.40. The zero-order valence-electron chi connectivity index (χ0n) is 22.1. The van der Waals surface area contributed by atoms with E-state index in [2.05, 4.69) is 37.5 Å². The molecular weight excluding hydrogens is 500 g/mol. The Morgan fingerprint density at radius 1 is 0.750 bits per heavy atom. The Labute approximate surface area is 221 Å². The summed E-state index contributed by atoms with van der Waals surface area (Å²) in [5, 5.41) is 1.01. The number of fused-ring (bicyclic) bond motifs is 1. The lowest BCUT2D eigenvalue weighted by Gasteiger charge is -2.36. The van der Waals surface area contributed by atoms with Gasteiger partial charge in [0.1, 0.15) is 9.75 Å². The molecule has 0 aromatic carbocycles. The third-order valence-electron chi connectivity index (χ3n) is 6.42. The third-order valence-corrected chi connectivity index (χ3v) is 8.93. The second-order valence-corrected chi connectivity index (χ2v) is 12.1. The summed E-state index contributed by atoms with van der Waals surface area (Å²) in [5.74, 6) is -0.597. The van der Waals surface area contributed by atoms with Gasteiger partial charge in [-0.05, 0) is 41.5 Å². The van der Waals surface area contributed by atoms with Crippen molar-refractivity contribution in [1.29, 1.82) is 0 Å². The summed E-state index contributed by atoms with van der Waals surface area (Å²) in [6.07, 6.45) is 0.453. The zero-order chi connectivity index (χ0) is 26.0. The van der Waals surface area contributed by atoms with Crippen LogP contribution in [0.5, 0.6) is 0 Å². The molecule has 4 rings (SSSR count). The molecule has 0 N–H and O–H groups in total. The minimum absolute atomic E-state index is 0.113. The van der Waals surface area contributed by atoms with Crippen LogP contribution in [0, 0.1) is 0 Å². The fraction of sp³-hybridized carbons (Fsp3) is 0.692. The van der Waals surface area contributed by atoms with Crippen molar-refractivity contribution in [3.8, 4) is 0 Å². The number of hydrogen-bond acceptors (Lipinski definition) is 10. The first-order valence-corrected chi connectivity index (χ1v) is 14.5. The molecule has 0 amide bonds. The van der Waals surface area contributed by atoms with E-state index in [1.54, 1.807) is 0 Å². The molecule has 0 saturated carbocycles. The number of esters is 2. The van der Waals surface area contributed by atoms with Gasteiger partial charge in [-0.25, -0.2) is 9.59 Å². The molecule has 0 aliphatic carbocycles. The second kappa shape index (κ2) is 11.9. The summed E-state index contributed by atoms with van der Waals surface area (Å²) in [5.41, 5.74) is 1.90. The molecule has 36 heavy (non-hydrogen) atoms. The predicted octanol–water partition coefficient (Wildman–Crippen LogP) is 4.53. The summed E-state index contributed by atoms with van der Waals surface area (Å²) >= 11 is 2.86. The second-order valence-electron chi connectivity index (χ2n) is 9.83. The summed E-state index contributed by atoms with van der Waals surface area (Å²) < 4.78 is 23.7. The number of ether oxygens (including phenoxy) is 4. The van der Waals surface area contributed by atoms with E-state index in [0.717, 1.165) is 46.7 Å². The number of hydrogen-bond donors (Lipinski definition) is 0. The Bertz CT molecular complexity index is 983. The van der Waals surface area contributed by atoms with Crippen LogP contribution in [-0.4, -0.2) is 85.5 Å². The molecule has 10 heteroatoms. The maximum Gasteiger partial charge on any atom is 0.348 e. The zero-order valence-corrected chi connectivity index (χ0v) is 23.8. The molecule has 0 spiro atoms. The lowest BCUT2D eigenvalue weighted by atomic mass is 10.0. The summed E-state index contributed by atoms with van der Waals surface area (Å²) in [7, 11) is 0. The number of carbonyl (C=O) groups excluding carboxylic acids is 2. The van der Waals surface area contributed by atoms with Crippen LogP contribution in [0.2, 0.25) is 0 Å². The first-order chi connectivity index (χ1) is 17.2. The maximum atomic E-state index is 13.0. The van der Waals surface area contributed by atoms with Gasteiger partial charge in [0.05, 0.1) is 41.6 Å². The Morgan fingerprint density at radius 2 is 1.11 bits per heavy atom. The van der Waals surface area contributed by atoms with Crippen LogP contribution in [0.15, 0.2) is 0 Å². The molecule has 0 bridgehead atoms. The average molecular weight is 539 g/mol. The van der Waals surface area contributed by atoms with Gasteiger partial charge in [-0.2, -0.15) is 0 Å². The standard InChI is InChI=1S/C26H38N2O6S2/c1-7-31-24(29)22-19(13-27-9-15(3)33-16(4)10-27)21-20(14-28-11-17(5)34-18(6)12-28)23(25(30)32-8-2)36-26(21)35-22/h15-18H,7-14H2,1-6H3/t15-,16-,17-,18+/m1/s1. The first-order valence-electron chi connectivity index (χ1n) is 12.9. The molecule has 8 nitrogen and oxygen atoms in total. The number of nitrogens with zero attached hydrogens (tertiary/aromatic N) is 2. The Morgan fingerprint density at radius 3 is 1.44 bits per heavy atom. The quantitative estimate of drug-likeness (QED) is 0.454. The largest absolute Gasteiger partial charge is 0.462 e. The van der Waals surface area contributed by atoms with E-state index in [1.807, 2.05) is 13.8 Å². The van der Waals surface area contributed by atoms with Gasteiger partial charge in [0, 0.05) is 55.8 Å². The molecule has 4 atom stereocenters. The molecule has 2 aliphatic rings. The average Bonchev–Trinajstić information content (AvgIpc) is 3.30. The van der Waals surface area contributed by atoms with Crippen molar-refractivity contribution >= 4 is 44.0 Å². The molecule has 0 radical (unpaired) electrons. The van der Waals surface area contributed by atoms with Crippen molar-refractivity contribution in [3.63, 3.8) is 0 Å². The van der Waals surface area contributed by atoms with Crippen molar-refractivity contribution in [2.75, 3.05) is 39.4 Å². The van der Waals surface area contributed by atoms with Crippen molar-refractivity contribution in [2.45, 2.75) is 79.0 Å². The Hall–Kier alpha value is -1.56. The van der Waals surface area contributed by atoms with Crippen LogP contribution in [0.3, 0.4) is 0 Å². The summed E-state index contributed by atoms with van der Waals surface area (Å²) in [6, 6.07) is 0. The van der Waals surface area contributed by atoms with Crippen LogP contribution < -0.4 is 0 Å². The molecule has 2 fully saturated rings. The van der Waals surface area contributed by atoms with Gasteiger partial charge < -0.3 is 18.9 Å². The van der Waals surface area contributed by atoms with Crippen LogP contribution in [0.4, 0.5) is 0 Å². The maximum absolute atomic E-state index is 13.0. The summed E-state index contributed by atoms with van der Waals surface area (Å²) in [4.78, 5) is 32.0. The molecular formula is C26H38N2O6S2. The highest BCUT2D eigenvalue weighted by Gasteiger charge is 2.32. The Kier molecular flexibility index (Phi) is 9.06.